The number of hydrogen-bond donors (Lipinski definition) is 5. The van der Waals surface area contributed by atoms with Gasteiger partial charge >= 0.3 is 0 Å². The molecule has 3 unspecified atom stereocenters. The summed E-state index contributed by atoms with van der Waals surface area (Å²) in [4.78, 5) is 24.8. The number of aromatic nitrogens is 3. The monoisotopic (exact) mass is 417 g/mol. The third-order valence-corrected chi connectivity index (χ3v) is 6.68. The number of hydrogen-bond acceptors (Lipinski definition) is 6. The Morgan fingerprint density at radius 3 is 2.87 bits per heavy atom. The Morgan fingerprint density at radius 1 is 1.06 bits per heavy atom. The molecule has 160 valence electrons. The Bertz CT molecular complexity index is 1120. The number of nitrogens with one attached hydrogen (secondary N) is 5. The molecule has 6 rings (SSSR count). The van der Waals surface area contributed by atoms with E-state index in [1.807, 2.05) is 36.5 Å². The van der Waals surface area contributed by atoms with Crippen LogP contribution in [-0.2, 0) is 0 Å². The van der Waals surface area contributed by atoms with Crippen molar-refractivity contribution in [2.24, 2.45) is 5.92 Å². The SMILES string of the molecule is O=C(NC1CC1)c1cc2ccc(-c3nccc(NC4CCC5NNCC5C4)n3)cc2[nH]1. The molecule has 3 aromatic rings. The number of benzene rings is 1. The van der Waals surface area contributed by atoms with E-state index in [1.165, 1.54) is 6.42 Å². The molecule has 0 bridgehead atoms. The molecule has 0 spiro atoms. The van der Waals surface area contributed by atoms with Gasteiger partial charge in [-0.2, -0.15) is 0 Å². The highest BCUT2D eigenvalue weighted by molar-refractivity contribution is 5.99. The third-order valence-electron chi connectivity index (χ3n) is 6.68. The van der Waals surface area contributed by atoms with E-state index in [4.69, 9.17) is 4.98 Å². The summed E-state index contributed by atoms with van der Waals surface area (Å²) in [5, 5.41) is 7.65. The lowest BCUT2D eigenvalue weighted by Gasteiger charge is -2.31. The predicted molar refractivity (Wildman–Crippen MR) is 119 cm³/mol. The second kappa shape index (κ2) is 7.62. The quantitative estimate of drug-likeness (QED) is 0.437. The van der Waals surface area contributed by atoms with Crippen LogP contribution in [0.15, 0.2) is 36.5 Å². The molecule has 3 heterocycles. The van der Waals surface area contributed by atoms with E-state index in [0.717, 1.165) is 54.5 Å². The number of rotatable bonds is 5. The van der Waals surface area contributed by atoms with Crippen LogP contribution in [0.3, 0.4) is 0 Å². The molecule has 3 aliphatic rings. The molecule has 8 nitrogen and oxygen atoms in total. The highest BCUT2D eigenvalue weighted by Gasteiger charge is 2.33. The molecule has 1 amide bonds. The molecule has 1 aromatic carbocycles. The molecule has 3 atom stereocenters. The minimum atomic E-state index is -0.0370. The van der Waals surface area contributed by atoms with Gasteiger partial charge in [0.25, 0.3) is 5.91 Å². The van der Waals surface area contributed by atoms with Gasteiger partial charge in [-0.3, -0.25) is 15.6 Å². The van der Waals surface area contributed by atoms with Gasteiger partial charge in [0.15, 0.2) is 5.82 Å². The topological polar surface area (TPSA) is 107 Å². The van der Waals surface area contributed by atoms with Crippen molar-refractivity contribution in [1.82, 2.24) is 31.1 Å². The molecule has 0 radical (unpaired) electrons. The van der Waals surface area contributed by atoms with E-state index < -0.39 is 0 Å². The van der Waals surface area contributed by atoms with E-state index in [-0.39, 0.29) is 5.91 Å². The van der Waals surface area contributed by atoms with Gasteiger partial charge in [-0.1, -0.05) is 12.1 Å². The van der Waals surface area contributed by atoms with Crippen LogP contribution in [0.25, 0.3) is 22.3 Å². The van der Waals surface area contributed by atoms with Gasteiger partial charge in [0, 0.05) is 47.3 Å². The molecule has 31 heavy (non-hydrogen) atoms. The second-order valence-electron chi connectivity index (χ2n) is 9.04. The van der Waals surface area contributed by atoms with Gasteiger partial charge in [-0.25, -0.2) is 9.97 Å². The molecule has 2 saturated carbocycles. The maximum Gasteiger partial charge on any atom is 0.267 e. The zero-order valence-electron chi connectivity index (χ0n) is 17.3. The van der Waals surface area contributed by atoms with Crippen molar-refractivity contribution in [2.45, 2.75) is 50.2 Å². The van der Waals surface area contributed by atoms with E-state index in [0.29, 0.717) is 35.6 Å². The molecular weight excluding hydrogens is 390 g/mol. The smallest absolute Gasteiger partial charge is 0.267 e. The summed E-state index contributed by atoms with van der Waals surface area (Å²) in [6, 6.07) is 11.3. The van der Waals surface area contributed by atoms with Gasteiger partial charge in [-0.15, -0.1) is 0 Å². The van der Waals surface area contributed by atoms with Crippen LogP contribution in [0, 0.1) is 5.92 Å². The van der Waals surface area contributed by atoms with Crippen molar-refractivity contribution in [2.75, 3.05) is 11.9 Å². The molecule has 1 saturated heterocycles. The first kappa shape index (κ1) is 18.8. The van der Waals surface area contributed by atoms with E-state index >= 15 is 0 Å². The maximum absolute atomic E-state index is 12.3. The summed E-state index contributed by atoms with van der Waals surface area (Å²) >= 11 is 0. The van der Waals surface area contributed by atoms with Crippen molar-refractivity contribution in [3.05, 3.63) is 42.2 Å². The average molecular weight is 418 g/mol. The molecular formula is C23H27N7O. The molecule has 1 aliphatic heterocycles. The minimum Gasteiger partial charge on any atom is -0.367 e. The Kier molecular flexibility index (Phi) is 4.61. The Balaban J connectivity index is 1.20. The first-order chi connectivity index (χ1) is 15.2. The van der Waals surface area contributed by atoms with Crippen LogP contribution in [0.5, 0.6) is 0 Å². The highest BCUT2D eigenvalue weighted by atomic mass is 16.2. The number of nitrogens with zero attached hydrogens (tertiary/aromatic N) is 2. The summed E-state index contributed by atoms with van der Waals surface area (Å²) < 4.78 is 0. The third kappa shape index (κ3) is 3.88. The zero-order chi connectivity index (χ0) is 20.8. The van der Waals surface area contributed by atoms with Crippen LogP contribution in [0.1, 0.15) is 42.6 Å². The van der Waals surface area contributed by atoms with Crippen molar-refractivity contribution in [3.63, 3.8) is 0 Å². The number of carbonyl (C=O) groups excluding carboxylic acids is 1. The zero-order valence-corrected chi connectivity index (χ0v) is 17.3. The summed E-state index contributed by atoms with van der Waals surface area (Å²) in [6.45, 7) is 1.04. The normalized spacial score (nSPS) is 25.4. The average Bonchev–Trinajstić information content (AvgIpc) is 3.30. The van der Waals surface area contributed by atoms with E-state index in [1.54, 1.807) is 0 Å². The Labute approximate surface area is 180 Å². The Hall–Kier alpha value is -2.97. The van der Waals surface area contributed by atoms with Crippen LogP contribution >= 0.6 is 0 Å². The largest absolute Gasteiger partial charge is 0.367 e. The molecule has 2 aromatic heterocycles. The van der Waals surface area contributed by atoms with E-state index in [2.05, 4.69) is 31.5 Å². The standard InChI is InChI=1S/C23H27N7O/c31-23(27-16-3-4-16)20-10-13-1-2-14(11-19(13)28-20)22-24-8-7-21(29-22)26-17-5-6-18-15(9-17)12-25-30-18/h1-2,7-8,10-11,15-18,25,28,30H,3-6,9,12H2,(H,27,31)(H,24,26,29). The number of aromatic amines is 1. The van der Waals surface area contributed by atoms with Crippen LogP contribution < -0.4 is 21.5 Å². The number of amides is 1. The van der Waals surface area contributed by atoms with Crippen molar-refractivity contribution in [3.8, 4) is 11.4 Å². The lowest BCUT2D eigenvalue weighted by Crippen LogP contribution is -2.39. The van der Waals surface area contributed by atoms with Crippen LogP contribution in [0.2, 0.25) is 0 Å². The number of hydrazine groups is 1. The summed E-state index contributed by atoms with van der Waals surface area (Å²) in [5.41, 5.74) is 9.11. The predicted octanol–water partition coefficient (Wildman–Crippen LogP) is 2.57. The fourth-order valence-corrected chi connectivity index (χ4v) is 4.80. The molecule has 2 aliphatic carbocycles. The van der Waals surface area contributed by atoms with Gasteiger partial charge < -0.3 is 15.6 Å². The fourth-order valence-electron chi connectivity index (χ4n) is 4.80. The van der Waals surface area contributed by atoms with Gasteiger partial charge in [0.05, 0.1) is 0 Å². The molecule has 5 N–H and O–H groups in total. The molecule has 8 heteroatoms. The second-order valence-corrected chi connectivity index (χ2v) is 9.04. The lowest BCUT2D eigenvalue weighted by atomic mass is 9.83. The van der Waals surface area contributed by atoms with Crippen molar-refractivity contribution in [1.29, 1.82) is 0 Å². The van der Waals surface area contributed by atoms with Gasteiger partial charge in [0.2, 0.25) is 0 Å². The summed E-state index contributed by atoms with van der Waals surface area (Å²) in [5.74, 6) is 2.19. The lowest BCUT2D eigenvalue weighted by molar-refractivity contribution is 0.0947. The van der Waals surface area contributed by atoms with Crippen LogP contribution in [0.4, 0.5) is 5.82 Å². The number of fused-ring (bicyclic) bond motifs is 2. The maximum atomic E-state index is 12.3. The number of H-pyrrole nitrogens is 1. The van der Waals surface area contributed by atoms with Gasteiger partial charge in [-0.05, 0) is 56.2 Å². The van der Waals surface area contributed by atoms with Crippen LogP contribution in [-0.4, -0.2) is 45.5 Å². The van der Waals surface area contributed by atoms with Gasteiger partial charge in [0.1, 0.15) is 11.5 Å². The fraction of sp³-hybridized carbons (Fsp3) is 0.435. The number of anilines is 1. The highest BCUT2D eigenvalue weighted by Crippen LogP contribution is 2.29. The van der Waals surface area contributed by atoms with Crippen molar-refractivity contribution < 1.29 is 4.79 Å². The Morgan fingerprint density at radius 2 is 1.97 bits per heavy atom. The number of carbonyl (C=O) groups is 1. The molecule has 3 fully saturated rings. The van der Waals surface area contributed by atoms with E-state index in [9.17, 15) is 4.79 Å². The summed E-state index contributed by atoms with van der Waals surface area (Å²) in [7, 11) is 0. The first-order valence-corrected chi connectivity index (χ1v) is 11.2. The van der Waals surface area contributed by atoms with Crippen molar-refractivity contribution >= 4 is 22.6 Å². The first-order valence-electron chi connectivity index (χ1n) is 11.2. The minimum absolute atomic E-state index is 0.0370. The summed E-state index contributed by atoms with van der Waals surface area (Å²) in [6.07, 6.45) is 7.41.